The third kappa shape index (κ3) is 2.61. The predicted octanol–water partition coefficient (Wildman–Crippen LogP) is 1.94. The molecular formula is C13H21NO3. The van der Waals surface area contributed by atoms with Crippen molar-refractivity contribution < 1.29 is 14.7 Å². The van der Waals surface area contributed by atoms with Gasteiger partial charge in [0.15, 0.2) is 0 Å². The Morgan fingerprint density at radius 1 is 1.18 bits per heavy atom. The van der Waals surface area contributed by atoms with E-state index >= 15 is 0 Å². The second kappa shape index (κ2) is 4.67. The molecule has 96 valence electrons. The first-order valence-electron chi connectivity index (χ1n) is 6.60. The Morgan fingerprint density at radius 2 is 1.71 bits per heavy atom. The van der Waals surface area contributed by atoms with Crippen molar-refractivity contribution in [3.63, 3.8) is 0 Å². The van der Waals surface area contributed by atoms with Gasteiger partial charge in [0, 0.05) is 5.92 Å². The summed E-state index contributed by atoms with van der Waals surface area (Å²) in [6.07, 6.45) is 6.00. The lowest BCUT2D eigenvalue weighted by molar-refractivity contribution is -0.148. The number of carbonyl (C=O) groups is 2. The second-order valence-electron chi connectivity index (χ2n) is 5.61. The van der Waals surface area contributed by atoms with Crippen LogP contribution in [0.3, 0.4) is 0 Å². The first-order chi connectivity index (χ1) is 8.05. The summed E-state index contributed by atoms with van der Waals surface area (Å²) < 4.78 is 0. The number of nitrogens with one attached hydrogen (secondary N) is 1. The van der Waals surface area contributed by atoms with Gasteiger partial charge in [-0.2, -0.15) is 0 Å². The number of carboxylic acid groups (broad SMARTS) is 1. The number of carbonyl (C=O) groups excluding carboxylic acids is 1. The van der Waals surface area contributed by atoms with Crippen molar-refractivity contribution in [1.82, 2.24) is 5.32 Å². The van der Waals surface area contributed by atoms with Crippen LogP contribution in [-0.4, -0.2) is 22.5 Å². The minimum atomic E-state index is -0.990. The van der Waals surface area contributed by atoms with E-state index in [4.69, 9.17) is 0 Å². The van der Waals surface area contributed by atoms with Gasteiger partial charge in [0.25, 0.3) is 0 Å². The van der Waals surface area contributed by atoms with Crippen LogP contribution < -0.4 is 5.32 Å². The molecule has 1 amide bonds. The molecule has 0 saturated heterocycles. The van der Waals surface area contributed by atoms with E-state index in [1.165, 1.54) is 0 Å². The summed E-state index contributed by atoms with van der Waals surface area (Å²) in [5, 5.41) is 12.2. The Kier molecular flexibility index (Phi) is 3.40. The highest BCUT2D eigenvalue weighted by molar-refractivity contribution is 5.89. The molecule has 2 rings (SSSR count). The summed E-state index contributed by atoms with van der Waals surface area (Å²) >= 11 is 0. The molecule has 2 N–H and O–H groups in total. The second-order valence-corrected chi connectivity index (χ2v) is 5.61. The number of aliphatic carboxylic acids is 1. The molecule has 4 nitrogen and oxygen atoms in total. The highest BCUT2D eigenvalue weighted by Crippen LogP contribution is 2.39. The molecule has 0 aromatic heterocycles. The Hall–Kier alpha value is -1.06. The van der Waals surface area contributed by atoms with Crippen molar-refractivity contribution in [2.24, 2.45) is 11.8 Å². The van der Waals surface area contributed by atoms with Crippen LogP contribution in [0.25, 0.3) is 0 Å². The maximum Gasteiger partial charge on any atom is 0.329 e. The van der Waals surface area contributed by atoms with Gasteiger partial charge in [-0.1, -0.05) is 32.6 Å². The van der Waals surface area contributed by atoms with Gasteiger partial charge in [-0.05, 0) is 25.2 Å². The van der Waals surface area contributed by atoms with Gasteiger partial charge in [-0.15, -0.1) is 0 Å². The molecule has 2 atom stereocenters. The minimum absolute atomic E-state index is 0.0504. The van der Waals surface area contributed by atoms with E-state index in [1.807, 2.05) is 6.92 Å². The van der Waals surface area contributed by atoms with Crippen molar-refractivity contribution in [2.45, 2.75) is 57.4 Å². The minimum Gasteiger partial charge on any atom is -0.480 e. The Labute approximate surface area is 102 Å². The van der Waals surface area contributed by atoms with Crippen LogP contribution in [0.15, 0.2) is 0 Å². The Bertz CT molecular complexity index is 319. The molecule has 0 bridgehead atoms. The molecule has 2 fully saturated rings. The first-order valence-corrected chi connectivity index (χ1v) is 6.60. The summed E-state index contributed by atoms with van der Waals surface area (Å²) in [6.45, 7) is 2.03. The van der Waals surface area contributed by atoms with Crippen LogP contribution in [0.5, 0.6) is 0 Å². The quantitative estimate of drug-likeness (QED) is 0.740. The lowest BCUT2D eigenvalue weighted by Crippen LogP contribution is -2.54. The number of hydrogen-bond acceptors (Lipinski definition) is 2. The molecule has 2 unspecified atom stereocenters. The smallest absolute Gasteiger partial charge is 0.329 e. The van der Waals surface area contributed by atoms with Gasteiger partial charge in [-0.3, -0.25) is 4.79 Å². The first kappa shape index (κ1) is 12.4. The summed E-state index contributed by atoms with van der Waals surface area (Å²) in [5.41, 5.74) is -0.990. The molecule has 2 aliphatic rings. The van der Waals surface area contributed by atoms with Gasteiger partial charge >= 0.3 is 5.97 Å². The number of amides is 1. The molecule has 4 heteroatoms. The highest BCUT2D eigenvalue weighted by Gasteiger charge is 2.45. The Balaban J connectivity index is 2.05. The fourth-order valence-electron chi connectivity index (χ4n) is 2.74. The van der Waals surface area contributed by atoms with Crippen LogP contribution in [0.2, 0.25) is 0 Å². The van der Waals surface area contributed by atoms with Gasteiger partial charge in [0.1, 0.15) is 5.54 Å². The average Bonchev–Trinajstić information content (AvgIpc) is 3.02. The molecule has 2 saturated carbocycles. The van der Waals surface area contributed by atoms with E-state index in [0.29, 0.717) is 18.8 Å². The third-order valence-corrected chi connectivity index (χ3v) is 4.18. The third-order valence-electron chi connectivity index (χ3n) is 4.18. The van der Waals surface area contributed by atoms with Crippen LogP contribution in [-0.2, 0) is 9.59 Å². The number of hydrogen-bond donors (Lipinski definition) is 2. The van der Waals surface area contributed by atoms with Crippen LogP contribution in [0.1, 0.15) is 51.9 Å². The largest absolute Gasteiger partial charge is 0.480 e. The standard InChI is InChI=1S/C13H21NO3/c1-9-8-10(9)11(15)14-13(12(16)17)6-4-2-3-5-7-13/h9-10H,2-8H2,1H3,(H,14,15)(H,16,17). The van der Waals surface area contributed by atoms with E-state index in [1.54, 1.807) is 0 Å². The van der Waals surface area contributed by atoms with E-state index in [2.05, 4.69) is 5.32 Å². The fraction of sp³-hybridized carbons (Fsp3) is 0.846. The molecule has 0 heterocycles. The van der Waals surface area contributed by atoms with Crippen molar-refractivity contribution in [2.75, 3.05) is 0 Å². The number of carboxylic acids is 1. The van der Waals surface area contributed by atoms with Gasteiger partial charge in [-0.25, -0.2) is 4.79 Å². The maximum atomic E-state index is 11.9. The maximum absolute atomic E-state index is 11.9. The highest BCUT2D eigenvalue weighted by atomic mass is 16.4. The summed E-state index contributed by atoms with van der Waals surface area (Å²) in [4.78, 5) is 23.4. The predicted molar refractivity (Wildman–Crippen MR) is 63.5 cm³/mol. The summed E-state index contributed by atoms with van der Waals surface area (Å²) in [6, 6.07) is 0. The topological polar surface area (TPSA) is 66.4 Å². The van der Waals surface area contributed by atoms with Crippen molar-refractivity contribution in [3.05, 3.63) is 0 Å². The van der Waals surface area contributed by atoms with Gasteiger partial charge in [0.05, 0.1) is 0 Å². The molecule has 0 radical (unpaired) electrons. The fourth-order valence-corrected chi connectivity index (χ4v) is 2.74. The lowest BCUT2D eigenvalue weighted by atomic mass is 9.90. The zero-order chi connectivity index (χ0) is 12.5. The molecule has 0 aromatic carbocycles. The molecular weight excluding hydrogens is 218 g/mol. The van der Waals surface area contributed by atoms with Crippen molar-refractivity contribution >= 4 is 11.9 Å². The van der Waals surface area contributed by atoms with E-state index in [0.717, 1.165) is 32.1 Å². The summed E-state index contributed by atoms with van der Waals surface area (Å²) in [7, 11) is 0. The number of rotatable bonds is 3. The molecule has 0 aliphatic heterocycles. The molecule has 0 spiro atoms. The van der Waals surface area contributed by atoms with Crippen LogP contribution in [0.4, 0.5) is 0 Å². The SMILES string of the molecule is CC1CC1C(=O)NC1(C(=O)O)CCCCCC1. The van der Waals surface area contributed by atoms with E-state index in [-0.39, 0.29) is 11.8 Å². The van der Waals surface area contributed by atoms with Crippen molar-refractivity contribution in [3.8, 4) is 0 Å². The van der Waals surface area contributed by atoms with E-state index in [9.17, 15) is 14.7 Å². The molecule has 2 aliphatic carbocycles. The van der Waals surface area contributed by atoms with E-state index < -0.39 is 11.5 Å². The van der Waals surface area contributed by atoms with Crippen molar-refractivity contribution in [1.29, 1.82) is 0 Å². The van der Waals surface area contributed by atoms with Crippen LogP contribution in [0, 0.1) is 11.8 Å². The Morgan fingerprint density at radius 3 is 2.12 bits per heavy atom. The normalized spacial score (nSPS) is 31.4. The zero-order valence-corrected chi connectivity index (χ0v) is 10.4. The van der Waals surface area contributed by atoms with Crippen LogP contribution >= 0.6 is 0 Å². The average molecular weight is 239 g/mol. The van der Waals surface area contributed by atoms with Gasteiger partial charge in [0.2, 0.25) is 5.91 Å². The summed E-state index contributed by atoms with van der Waals surface area (Å²) in [5.74, 6) is -0.441. The molecule has 0 aromatic rings. The monoisotopic (exact) mass is 239 g/mol. The molecule has 17 heavy (non-hydrogen) atoms. The zero-order valence-electron chi connectivity index (χ0n) is 10.4. The lowest BCUT2D eigenvalue weighted by Gasteiger charge is -2.29. The van der Waals surface area contributed by atoms with Gasteiger partial charge < -0.3 is 10.4 Å².